The molecule has 1 aromatic carbocycles. The zero-order valence-corrected chi connectivity index (χ0v) is 13.6. The largest absolute Gasteiger partial charge is 0.497 e. The summed E-state index contributed by atoms with van der Waals surface area (Å²) in [7, 11) is 1.59. The van der Waals surface area contributed by atoms with Gasteiger partial charge in [0, 0.05) is 24.6 Å². The molecule has 0 unspecified atom stereocenters. The summed E-state index contributed by atoms with van der Waals surface area (Å²) in [5.74, 6) is 0.618. The van der Waals surface area contributed by atoms with Crippen molar-refractivity contribution in [3.8, 4) is 5.75 Å². The Bertz CT molecular complexity index is 545. The molecule has 1 aliphatic rings. The van der Waals surface area contributed by atoms with Crippen molar-refractivity contribution in [1.82, 2.24) is 4.90 Å². The summed E-state index contributed by atoms with van der Waals surface area (Å²) in [4.78, 5) is 26.1. The van der Waals surface area contributed by atoms with Crippen molar-refractivity contribution in [2.45, 2.75) is 32.8 Å². The Labute approximate surface area is 131 Å². The Morgan fingerprint density at radius 3 is 2.36 bits per heavy atom. The van der Waals surface area contributed by atoms with E-state index in [1.54, 1.807) is 36.3 Å². The highest BCUT2D eigenvalue weighted by atomic mass is 16.6. The van der Waals surface area contributed by atoms with Crippen molar-refractivity contribution in [2.75, 3.05) is 20.2 Å². The van der Waals surface area contributed by atoms with Crippen LogP contribution in [-0.2, 0) is 4.74 Å². The van der Waals surface area contributed by atoms with E-state index in [0.717, 1.165) is 5.75 Å². The van der Waals surface area contributed by atoms with Crippen LogP contribution in [0.5, 0.6) is 5.75 Å². The molecule has 5 nitrogen and oxygen atoms in total. The van der Waals surface area contributed by atoms with Crippen LogP contribution in [0.3, 0.4) is 0 Å². The van der Waals surface area contributed by atoms with Gasteiger partial charge in [0.1, 0.15) is 11.4 Å². The fourth-order valence-corrected chi connectivity index (χ4v) is 2.46. The molecule has 0 N–H and O–H groups in total. The van der Waals surface area contributed by atoms with E-state index >= 15 is 0 Å². The monoisotopic (exact) mass is 305 g/mol. The van der Waals surface area contributed by atoms with Crippen molar-refractivity contribution in [2.24, 2.45) is 5.92 Å². The third kappa shape index (κ3) is 4.00. The van der Waals surface area contributed by atoms with E-state index in [4.69, 9.17) is 9.47 Å². The molecule has 2 rings (SSSR count). The molecule has 0 saturated carbocycles. The van der Waals surface area contributed by atoms with E-state index in [9.17, 15) is 9.59 Å². The van der Waals surface area contributed by atoms with Gasteiger partial charge in [-0.1, -0.05) is 0 Å². The normalized spacial score (nSPS) is 18.2. The van der Waals surface area contributed by atoms with Crippen LogP contribution in [0.4, 0.5) is 4.79 Å². The molecule has 1 heterocycles. The highest BCUT2D eigenvalue weighted by Crippen LogP contribution is 2.24. The third-order valence-electron chi connectivity index (χ3n) is 3.59. The maximum absolute atomic E-state index is 12.5. The summed E-state index contributed by atoms with van der Waals surface area (Å²) in [6, 6.07) is 7.07. The minimum atomic E-state index is -0.519. The summed E-state index contributed by atoms with van der Waals surface area (Å²) in [5.41, 5.74) is 0.131. The summed E-state index contributed by atoms with van der Waals surface area (Å²) in [5, 5.41) is 0. The van der Waals surface area contributed by atoms with Crippen molar-refractivity contribution < 1.29 is 19.1 Å². The Hall–Kier alpha value is -2.04. The van der Waals surface area contributed by atoms with Crippen molar-refractivity contribution in [1.29, 1.82) is 0 Å². The molecule has 22 heavy (non-hydrogen) atoms. The average Bonchev–Trinajstić information content (AvgIpc) is 2.95. The molecule has 1 aliphatic heterocycles. The number of nitrogens with zero attached hydrogens (tertiary/aromatic N) is 1. The molecule has 0 spiro atoms. The minimum Gasteiger partial charge on any atom is -0.497 e. The van der Waals surface area contributed by atoms with Gasteiger partial charge in [-0.3, -0.25) is 4.79 Å². The predicted molar refractivity (Wildman–Crippen MR) is 83.2 cm³/mol. The Morgan fingerprint density at radius 1 is 1.18 bits per heavy atom. The first-order chi connectivity index (χ1) is 10.3. The maximum atomic E-state index is 12.5. The van der Waals surface area contributed by atoms with Gasteiger partial charge in [-0.05, 0) is 51.5 Å². The zero-order valence-electron chi connectivity index (χ0n) is 13.6. The number of methoxy groups -OCH3 is 1. The minimum absolute atomic E-state index is 0.0636. The molecule has 1 saturated heterocycles. The number of hydrogen-bond donors (Lipinski definition) is 0. The number of benzene rings is 1. The fourth-order valence-electron chi connectivity index (χ4n) is 2.46. The number of ketones is 1. The lowest BCUT2D eigenvalue weighted by Crippen LogP contribution is -2.35. The second-order valence-corrected chi connectivity index (χ2v) is 6.50. The molecule has 5 heteroatoms. The summed E-state index contributed by atoms with van der Waals surface area (Å²) >= 11 is 0. The molecular formula is C17H23NO4. The first-order valence-electron chi connectivity index (χ1n) is 7.46. The molecular weight excluding hydrogens is 282 g/mol. The first kappa shape index (κ1) is 16.3. The molecule has 1 amide bonds. The van der Waals surface area contributed by atoms with E-state index in [-0.39, 0.29) is 17.8 Å². The molecule has 120 valence electrons. The van der Waals surface area contributed by atoms with Gasteiger partial charge in [0.05, 0.1) is 7.11 Å². The van der Waals surface area contributed by atoms with Gasteiger partial charge in [-0.25, -0.2) is 4.79 Å². The fraction of sp³-hybridized carbons (Fsp3) is 0.529. The molecule has 1 atom stereocenters. The van der Waals surface area contributed by atoms with Crippen molar-refractivity contribution in [3.05, 3.63) is 29.8 Å². The number of amides is 1. The maximum Gasteiger partial charge on any atom is 0.410 e. The lowest BCUT2D eigenvalue weighted by Gasteiger charge is -2.24. The lowest BCUT2D eigenvalue weighted by molar-refractivity contribution is 0.0289. The van der Waals surface area contributed by atoms with Crippen LogP contribution >= 0.6 is 0 Å². The van der Waals surface area contributed by atoms with Crippen molar-refractivity contribution in [3.63, 3.8) is 0 Å². The van der Waals surface area contributed by atoms with Crippen LogP contribution in [0.1, 0.15) is 37.6 Å². The van der Waals surface area contributed by atoms with E-state index < -0.39 is 5.60 Å². The number of likely N-dealkylation sites (tertiary alicyclic amines) is 1. The highest BCUT2D eigenvalue weighted by Gasteiger charge is 2.33. The molecule has 1 aromatic rings. The predicted octanol–water partition coefficient (Wildman–Crippen LogP) is 3.13. The summed E-state index contributed by atoms with van der Waals surface area (Å²) < 4.78 is 10.4. The molecule has 0 radical (unpaired) electrons. The Kier molecular flexibility index (Phi) is 4.74. The zero-order chi connectivity index (χ0) is 16.3. The van der Waals surface area contributed by atoms with E-state index in [1.165, 1.54) is 0 Å². The van der Waals surface area contributed by atoms with Crippen LogP contribution in [0.15, 0.2) is 24.3 Å². The molecule has 0 aromatic heterocycles. The highest BCUT2D eigenvalue weighted by molar-refractivity contribution is 5.98. The van der Waals surface area contributed by atoms with Crippen LogP contribution in [0.2, 0.25) is 0 Å². The Morgan fingerprint density at radius 2 is 1.82 bits per heavy atom. The molecule has 0 aliphatic carbocycles. The summed E-state index contributed by atoms with van der Waals surface area (Å²) in [6.07, 6.45) is 0.321. The number of hydrogen-bond acceptors (Lipinski definition) is 4. The number of carbonyl (C=O) groups excluding carboxylic acids is 2. The number of ether oxygens (including phenoxy) is 2. The van der Waals surface area contributed by atoms with E-state index in [1.807, 2.05) is 20.8 Å². The van der Waals surface area contributed by atoms with Crippen LogP contribution in [0, 0.1) is 5.92 Å². The second-order valence-electron chi connectivity index (χ2n) is 6.50. The van der Waals surface area contributed by atoms with Gasteiger partial charge in [0.2, 0.25) is 0 Å². The van der Waals surface area contributed by atoms with Crippen molar-refractivity contribution >= 4 is 11.9 Å². The topological polar surface area (TPSA) is 55.8 Å². The number of Topliss-reactive ketones (excluding diaryl/α,β-unsaturated/α-hetero) is 1. The van der Waals surface area contributed by atoms with Gasteiger partial charge in [0.25, 0.3) is 0 Å². The van der Waals surface area contributed by atoms with Gasteiger partial charge < -0.3 is 14.4 Å². The number of carbonyl (C=O) groups is 2. The average molecular weight is 305 g/mol. The first-order valence-corrected chi connectivity index (χ1v) is 7.46. The standard InChI is InChI=1S/C17H23NO4/c1-17(2,3)22-16(20)18-10-9-13(11-18)15(19)12-5-7-14(21-4)8-6-12/h5-8,13H,9-11H2,1-4H3/t13-/m1/s1. The molecule has 1 fully saturated rings. The molecule has 0 bridgehead atoms. The number of rotatable bonds is 3. The van der Waals surface area contributed by atoms with Gasteiger partial charge in [0.15, 0.2) is 5.78 Å². The van der Waals surface area contributed by atoms with Crippen LogP contribution in [-0.4, -0.2) is 42.6 Å². The SMILES string of the molecule is COc1ccc(C(=O)[C@@H]2CCN(C(=O)OC(C)(C)C)C2)cc1. The van der Waals surface area contributed by atoms with Gasteiger partial charge in [-0.15, -0.1) is 0 Å². The Balaban J connectivity index is 1.97. The van der Waals surface area contributed by atoms with E-state index in [0.29, 0.717) is 25.1 Å². The second kappa shape index (κ2) is 6.38. The van der Waals surface area contributed by atoms with Crippen LogP contribution < -0.4 is 4.74 Å². The summed E-state index contributed by atoms with van der Waals surface area (Å²) in [6.45, 7) is 6.48. The third-order valence-corrected chi connectivity index (χ3v) is 3.59. The quantitative estimate of drug-likeness (QED) is 0.805. The van der Waals surface area contributed by atoms with Gasteiger partial charge >= 0.3 is 6.09 Å². The van der Waals surface area contributed by atoms with E-state index in [2.05, 4.69) is 0 Å². The lowest BCUT2D eigenvalue weighted by atomic mass is 9.97. The smallest absolute Gasteiger partial charge is 0.410 e. The van der Waals surface area contributed by atoms with Gasteiger partial charge in [-0.2, -0.15) is 0 Å². The van der Waals surface area contributed by atoms with Crippen LogP contribution in [0.25, 0.3) is 0 Å².